The molecule has 12 heteroatoms. The molecule has 0 spiro atoms. The van der Waals surface area contributed by atoms with Gasteiger partial charge in [0, 0.05) is 115 Å². The fraction of sp³-hybridized carbons (Fsp3) is 0.208. The Kier molecular flexibility index (Phi) is 18.1. The highest BCUT2D eigenvalue weighted by Crippen LogP contribution is 2.46. The summed E-state index contributed by atoms with van der Waals surface area (Å²) in [6.07, 6.45) is 23.1. The molecule has 0 unspecified atom stereocenters. The number of furan rings is 4. The van der Waals surface area contributed by atoms with Crippen LogP contribution in [0.1, 0.15) is 109 Å². The van der Waals surface area contributed by atoms with E-state index in [1.54, 1.807) is 0 Å². The normalized spacial score (nSPS) is 12.8. The van der Waals surface area contributed by atoms with Crippen molar-refractivity contribution in [1.29, 1.82) is 0 Å². The van der Waals surface area contributed by atoms with E-state index in [0.717, 1.165) is 126 Å². The van der Waals surface area contributed by atoms with Crippen molar-refractivity contribution in [1.82, 2.24) is 19.9 Å². The maximum Gasteiger partial charge on any atom is 0.227 e. The molecular weight excluding hydrogens is 1390 g/mol. The SMILES string of the molecule is Cc1cc(-c2c(C)ccc3c2oc2ncc4ccccc4c23)[n+](C)cc1C.Cc1cc(C)c2c(oc3ncc4ccccc4c32)c1-c1cccc[n+]1C.Cc1ccc2c(oc3ncc4ccccc4c32)c1-c1ccc(C(C)(C)C)c[n+]1C.Cc1ccc2c(oc3ncc4ccccc4c32)c1-c1ccc(C2CCCCC2)c[n+]1C. The number of hydrogen-bond donors (Lipinski definition) is 0. The van der Waals surface area contributed by atoms with Gasteiger partial charge in [-0.05, 0) is 146 Å². The summed E-state index contributed by atoms with van der Waals surface area (Å²) in [5.74, 6) is 0.702. The van der Waals surface area contributed by atoms with Crippen molar-refractivity contribution in [3.63, 3.8) is 0 Å². The van der Waals surface area contributed by atoms with Crippen LogP contribution in [0.3, 0.4) is 0 Å². The van der Waals surface area contributed by atoms with Crippen molar-refractivity contribution < 1.29 is 35.9 Å². The maximum absolute atomic E-state index is 6.40. The molecule has 1 saturated carbocycles. The summed E-state index contributed by atoms with van der Waals surface area (Å²) in [5, 5.41) is 18.2. The van der Waals surface area contributed by atoms with Crippen molar-refractivity contribution in [2.45, 2.75) is 113 Å². The number of rotatable bonds is 5. The standard InChI is InChI=1S/C28H27N2O.C26H25N2O.C24H21N2O.C23H19N2O/c1-18-12-14-23-26-22-11-7-6-10-20(22)16-29-28(26)31-27(23)25(18)24-15-13-21(17-30(24)2)19-8-4-3-5-9-19;1-16-10-12-20-23-19-9-7-6-8-17(19)14-27-25(23)29-24(20)22(16)21-13-11-18(15-28(21)5)26(2,3)4;1-14-9-10-19-22-18-8-6-5-7-17(18)12-25-24(22)27-23(19)21(14)20-11-15(2)16(3)13-26(20)4;1-14-12-15(2)20-21-17-9-5-4-8-16(17)13-24-23(21)26-22(20)19(14)18-10-6-7-11-25(18)3/h6-7,10-17,19H,3-5,8-9H2,1-2H3;6-15H,1-5H3;5-13H,1-4H3;4-13H,1-3H3/q4*+1. The van der Waals surface area contributed by atoms with Gasteiger partial charge in [-0.2, -0.15) is 0 Å². The molecule has 0 bridgehead atoms. The van der Waals surface area contributed by atoms with Crippen LogP contribution in [0.4, 0.5) is 0 Å². The van der Waals surface area contributed by atoms with Gasteiger partial charge in [0.05, 0.1) is 43.8 Å². The summed E-state index contributed by atoms with van der Waals surface area (Å²) in [5.41, 5.74) is 27.1. The van der Waals surface area contributed by atoms with E-state index in [-0.39, 0.29) is 5.41 Å². The van der Waals surface area contributed by atoms with Crippen LogP contribution in [0.15, 0.2) is 255 Å². The molecule has 1 aliphatic carbocycles. The predicted molar refractivity (Wildman–Crippen MR) is 460 cm³/mol. The van der Waals surface area contributed by atoms with Gasteiger partial charge in [-0.15, -0.1) is 0 Å². The third-order valence-corrected chi connectivity index (χ3v) is 23.7. The first-order valence-electron chi connectivity index (χ1n) is 39.5. The summed E-state index contributed by atoms with van der Waals surface area (Å²) in [4.78, 5) is 18.4. The molecule has 0 saturated heterocycles. The predicted octanol–water partition coefficient (Wildman–Crippen LogP) is 24.0. The van der Waals surface area contributed by atoms with E-state index in [2.05, 4.69) is 324 Å². The first-order chi connectivity index (χ1) is 54.7. The molecule has 0 aliphatic heterocycles. The monoisotopic (exact) mass is 1480 g/mol. The largest absolute Gasteiger partial charge is 0.437 e. The van der Waals surface area contributed by atoms with E-state index in [1.807, 2.05) is 49.1 Å². The molecule has 113 heavy (non-hydrogen) atoms. The molecule has 12 nitrogen and oxygen atoms in total. The van der Waals surface area contributed by atoms with Gasteiger partial charge in [-0.3, -0.25) is 0 Å². The van der Waals surface area contributed by atoms with Crippen LogP contribution in [0, 0.1) is 48.5 Å². The Hall–Kier alpha value is -12.8. The molecule has 0 atom stereocenters. The highest BCUT2D eigenvalue weighted by atomic mass is 16.4. The number of pyridine rings is 8. The summed E-state index contributed by atoms with van der Waals surface area (Å²) >= 11 is 0. The molecule has 0 N–H and O–H groups in total. The fourth-order valence-corrected chi connectivity index (χ4v) is 17.7. The van der Waals surface area contributed by atoms with Gasteiger partial charge in [0.2, 0.25) is 45.6 Å². The molecule has 1 aliphatic rings. The van der Waals surface area contributed by atoms with Crippen LogP contribution >= 0.6 is 0 Å². The number of fused-ring (bicyclic) bond motifs is 20. The number of hydrogen-bond acceptors (Lipinski definition) is 8. The summed E-state index contributed by atoms with van der Waals surface area (Å²) in [7, 11) is 8.43. The minimum absolute atomic E-state index is 0.111. The Labute approximate surface area is 656 Å². The second-order valence-electron chi connectivity index (χ2n) is 32.3. The second kappa shape index (κ2) is 28.5. The summed E-state index contributed by atoms with van der Waals surface area (Å²) < 4.78 is 34.2. The Bertz CT molecular complexity index is 7240. The average molecular weight is 1480 g/mol. The smallest absolute Gasteiger partial charge is 0.227 e. The van der Waals surface area contributed by atoms with E-state index in [4.69, 9.17) is 17.7 Å². The lowest BCUT2D eigenvalue weighted by Gasteiger charge is -2.21. The second-order valence-corrected chi connectivity index (χ2v) is 32.3. The van der Waals surface area contributed by atoms with Gasteiger partial charge in [0.15, 0.2) is 47.1 Å². The Morgan fingerprint density at radius 1 is 0.310 bits per heavy atom. The van der Waals surface area contributed by atoms with Gasteiger partial charge >= 0.3 is 0 Å². The quantitative estimate of drug-likeness (QED) is 0.156. The zero-order valence-corrected chi connectivity index (χ0v) is 66.8. The summed E-state index contributed by atoms with van der Waals surface area (Å²) in [6.45, 7) is 21.8. The van der Waals surface area contributed by atoms with Crippen LogP contribution in [0.5, 0.6) is 0 Å². The summed E-state index contributed by atoms with van der Waals surface area (Å²) in [6, 6.07) is 66.4. The molecule has 0 amide bonds. The van der Waals surface area contributed by atoms with Crippen LogP contribution in [-0.4, -0.2) is 19.9 Å². The maximum atomic E-state index is 6.40. The third kappa shape index (κ3) is 12.6. The number of aryl methyl sites for hydroxylation is 11. The van der Waals surface area contributed by atoms with Gasteiger partial charge in [0.1, 0.15) is 28.2 Å². The van der Waals surface area contributed by atoms with Crippen LogP contribution in [0.2, 0.25) is 0 Å². The zero-order valence-electron chi connectivity index (χ0n) is 66.8. The van der Waals surface area contributed by atoms with Gasteiger partial charge < -0.3 is 17.7 Å². The van der Waals surface area contributed by atoms with Gasteiger partial charge in [-0.1, -0.05) is 180 Å². The topological polar surface area (TPSA) is 120 Å². The number of nitrogens with zero attached hydrogens (tertiary/aromatic N) is 8. The lowest BCUT2D eigenvalue weighted by atomic mass is 9.84. The fourth-order valence-electron chi connectivity index (χ4n) is 17.7. The Morgan fingerprint density at radius 2 is 0.708 bits per heavy atom. The first-order valence-corrected chi connectivity index (χ1v) is 39.5. The molecule has 1 fully saturated rings. The van der Waals surface area contributed by atoms with Crippen molar-refractivity contribution in [3.05, 3.63) is 288 Å². The van der Waals surface area contributed by atoms with E-state index in [0.29, 0.717) is 28.8 Å². The number of benzene rings is 8. The lowest BCUT2D eigenvalue weighted by Crippen LogP contribution is -2.33. The third-order valence-electron chi connectivity index (χ3n) is 23.7. The molecule has 20 aromatic rings. The van der Waals surface area contributed by atoms with Crippen molar-refractivity contribution in [3.8, 4) is 45.0 Å². The van der Waals surface area contributed by atoms with Gasteiger partial charge in [-0.25, -0.2) is 38.2 Å². The van der Waals surface area contributed by atoms with Crippen LogP contribution in [0.25, 0.3) is 176 Å². The zero-order chi connectivity index (χ0) is 77.8. The minimum atomic E-state index is 0.111. The first kappa shape index (κ1) is 71.8. The molecule has 8 aromatic carbocycles. The highest BCUT2D eigenvalue weighted by Gasteiger charge is 2.30. The van der Waals surface area contributed by atoms with E-state index in [1.165, 1.54) is 109 Å². The van der Waals surface area contributed by atoms with Gasteiger partial charge in [0.25, 0.3) is 0 Å². The molecular formula is C101H92N8O4+4. The number of aromatic nitrogens is 8. The minimum Gasteiger partial charge on any atom is -0.437 e. The van der Waals surface area contributed by atoms with Crippen LogP contribution < -0.4 is 18.3 Å². The molecule has 21 rings (SSSR count). The molecule has 12 heterocycles. The van der Waals surface area contributed by atoms with E-state index in [9.17, 15) is 0 Å². The van der Waals surface area contributed by atoms with Crippen LogP contribution in [-0.2, 0) is 33.6 Å². The molecule has 12 aromatic heterocycles. The molecule has 556 valence electrons. The van der Waals surface area contributed by atoms with Crippen molar-refractivity contribution >= 4 is 131 Å². The van der Waals surface area contributed by atoms with E-state index < -0.39 is 0 Å². The lowest BCUT2D eigenvalue weighted by molar-refractivity contribution is -0.661. The average Bonchev–Trinajstić information content (AvgIpc) is 1.61. The highest BCUT2D eigenvalue weighted by molar-refractivity contribution is 6.23. The van der Waals surface area contributed by atoms with E-state index >= 15 is 0 Å². The Morgan fingerprint density at radius 3 is 1.17 bits per heavy atom. The van der Waals surface area contributed by atoms with Crippen molar-refractivity contribution in [2.24, 2.45) is 28.2 Å². The van der Waals surface area contributed by atoms with Crippen molar-refractivity contribution in [2.75, 3.05) is 0 Å². The Balaban J connectivity index is 0.000000105. The molecule has 0 radical (unpaired) electrons.